The molecule has 152 valence electrons. The fraction of sp³-hybridized carbons (Fsp3) is 0.167. The maximum atomic E-state index is 13.1. The van der Waals surface area contributed by atoms with Crippen molar-refractivity contribution in [3.63, 3.8) is 0 Å². The average molecular weight is 419 g/mol. The smallest absolute Gasteiger partial charge is 0.295 e. The molecule has 9 nitrogen and oxygen atoms in total. The maximum absolute atomic E-state index is 13.1. The van der Waals surface area contributed by atoms with Gasteiger partial charge in [0.25, 0.3) is 5.91 Å². The Hall–Kier alpha value is -3.47. The van der Waals surface area contributed by atoms with E-state index in [9.17, 15) is 17.6 Å². The van der Waals surface area contributed by atoms with Crippen LogP contribution >= 0.6 is 0 Å². The summed E-state index contributed by atoms with van der Waals surface area (Å²) < 4.78 is 44.8. The van der Waals surface area contributed by atoms with Crippen molar-refractivity contribution in [3.8, 4) is 11.4 Å². The number of ether oxygens (including phenoxy) is 1. The molecule has 0 saturated carbocycles. The SMILES string of the molecule is COc1cc(NC(=O)c2nc(C)n(-c3ccc(F)cc3)n2)ccc1NS(C)(=O)=O. The molecule has 0 unspecified atom stereocenters. The topological polar surface area (TPSA) is 115 Å². The first-order valence-electron chi connectivity index (χ1n) is 8.33. The summed E-state index contributed by atoms with van der Waals surface area (Å²) >= 11 is 0. The highest BCUT2D eigenvalue weighted by Gasteiger charge is 2.17. The van der Waals surface area contributed by atoms with Crippen LogP contribution in [0.3, 0.4) is 0 Å². The van der Waals surface area contributed by atoms with Crippen molar-refractivity contribution >= 4 is 27.3 Å². The predicted octanol–water partition coefficient (Wildman–Crippen LogP) is 2.35. The van der Waals surface area contributed by atoms with Gasteiger partial charge in [-0.2, -0.15) is 0 Å². The highest BCUT2D eigenvalue weighted by atomic mass is 32.2. The summed E-state index contributed by atoms with van der Waals surface area (Å²) in [6.45, 7) is 1.67. The summed E-state index contributed by atoms with van der Waals surface area (Å²) in [4.78, 5) is 16.7. The molecular formula is C18H18FN5O4S. The van der Waals surface area contributed by atoms with Crippen molar-refractivity contribution in [1.82, 2.24) is 14.8 Å². The molecule has 0 aliphatic rings. The molecule has 29 heavy (non-hydrogen) atoms. The molecule has 0 radical (unpaired) electrons. The third kappa shape index (κ3) is 4.88. The van der Waals surface area contributed by atoms with E-state index in [0.29, 0.717) is 17.2 Å². The highest BCUT2D eigenvalue weighted by molar-refractivity contribution is 7.92. The predicted molar refractivity (Wildman–Crippen MR) is 105 cm³/mol. The lowest BCUT2D eigenvalue weighted by molar-refractivity contribution is 0.101. The second kappa shape index (κ2) is 7.87. The zero-order valence-electron chi connectivity index (χ0n) is 15.8. The Kier molecular flexibility index (Phi) is 5.50. The van der Waals surface area contributed by atoms with Crippen molar-refractivity contribution in [2.45, 2.75) is 6.92 Å². The van der Waals surface area contributed by atoms with Gasteiger partial charge in [0.1, 0.15) is 17.4 Å². The number of rotatable bonds is 6. The third-order valence-electron chi connectivity index (χ3n) is 3.80. The summed E-state index contributed by atoms with van der Waals surface area (Å²) in [5.74, 6) is -0.350. The number of benzene rings is 2. The van der Waals surface area contributed by atoms with Crippen LogP contribution in [0, 0.1) is 12.7 Å². The number of halogens is 1. The second-order valence-electron chi connectivity index (χ2n) is 6.11. The number of amides is 1. The molecule has 3 rings (SSSR count). The Bertz CT molecular complexity index is 1160. The van der Waals surface area contributed by atoms with Crippen LogP contribution in [0.5, 0.6) is 5.75 Å². The molecule has 2 N–H and O–H groups in total. The molecule has 0 fully saturated rings. The number of anilines is 2. The average Bonchev–Trinajstić information content (AvgIpc) is 3.04. The molecular weight excluding hydrogens is 401 g/mol. The first-order chi connectivity index (χ1) is 13.7. The molecule has 0 aliphatic carbocycles. The molecule has 3 aromatic rings. The number of nitrogens with zero attached hydrogens (tertiary/aromatic N) is 3. The normalized spacial score (nSPS) is 11.2. The van der Waals surface area contributed by atoms with E-state index in [2.05, 4.69) is 20.1 Å². The Morgan fingerprint density at radius 2 is 1.86 bits per heavy atom. The molecule has 0 bridgehead atoms. The Balaban J connectivity index is 1.82. The van der Waals surface area contributed by atoms with E-state index in [1.165, 1.54) is 54.3 Å². The first-order valence-corrected chi connectivity index (χ1v) is 10.2. The molecule has 2 aromatic carbocycles. The van der Waals surface area contributed by atoms with Gasteiger partial charge in [-0.15, -0.1) is 5.10 Å². The Morgan fingerprint density at radius 1 is 1.17 bits per heavy atom. The van der Waals surface area contributed by atoms with Gasteiger partial charge in [0.2, 0.25) is 15.8 Å². The van der Waals surface area contributed by atoms with Crippen LogP contribution in [0.15, 0.2) is 42.5 Å². The third-order valence-corrected chi connectivity index (χ3v) is 4.39. The van der Waals surface area contributed by atoms with Crippen LogP contribution in [-0.4, -0.2) is 42.5 Å². The zero-order valence-corrected chi connectivity index (χ0v) is 16.6. The van der Waals surface area contributed by atoms with E-state index < -0.39 is 15.9 Å². The van der Waals surface area contributed by atoms with Crippen LogP contribution in [-0.2, 0) is 10.0 Å². The molecule has 0 spiro atoms. The number of methoxy groups -OCH3 is 1. The lowest BCUT2D eigenvalue weighted by Gasteiger charge is -2.11. The highest BCUT2D eigenvalue weighted by Crippen LogP contribution is 2.28. The number of carbonyl (C=O) groups is 1. The van der Waals surface area contributed by atoms with Gasteiger partial charge in [-0.3, -0.25) is 9.52 Å². The first kappa shape index (κ1) is 20.3. The maximum Gasteiger partial charge on any atom is 0.295 e. The van der Waals surface area contributed by atoms with Crippen molar-refractivity contribution < 1.29 is 22.3 Å². The minimum Gasteiger partial charge on any atom is -0.494 e. The summed E-state index contributed by atoms with van der Waals surface area (Å²) in [7, 11) is -2.10. The Morgan fingerprint density at radius 3 is 2.48 bits per heavy atom. The zero-order chi connectivity index (χ0) is 21.2. The van der Waals surface area contributed by atoms with Crippen LogP contribution in [0.2, 0.25) is 0 Å². The van der Waals surface area contributed by atoms with Crippen LogP contribution in [0.25, 0.3) is 5.69 Å². The molecule has 0 saturated heterocycles. The minimum absolute atomic E-state index is 0.0795. The van der Waals surface area contributed by atoms with E-state index in [4.69, 9.17) is 4.74 Å². The van der Waals surface area contributed by atoms with E-state index in [1.807, 2.05) is 0 Å². The quantitative estimate of drug-likeness (QED) is 0.634. The lowest BCUT2D eigenvalue weighted by Crippen LogP contribution is -2.15. The summed E-state index contributed by atoms with van der Waals surface area (Å²) in [5.41, 5.74) is 1.16. The van der Waals surface area contributed by atoms with Gasteiger partial charge < -0.3 is 10.1 Å². The minimum atomic E-state index is -3.48. The van der Waals surface area contributed by atoms with Gasteiger partial charge in [-0.25, -0.2) is 22.5 Å². The molecule has 1 aromatic heterocycles. The number of sulfonamides is 1. The summed E-state index contributed by atoms with van der Waals surface area (Å²) in [6, 6.07) is 10.1. The van der Waals surface area contributed by atoms with Crippen LogP contribution in [0.1, 0.15) is 16.4 Å². The van der Waals surface area contributed by atoms with Gasteiger partial charge in [0, 0.05) is 11.8 Å². The van der Waals surface area contributed by atoms with Crippen molar-refractivity contribution in [1.29, 1.82) is 0 Å². The largest absolute Gasteiger partial charge is 0.494 e. The van der Waals surface area contributed by atoms with Crippen molar-refractivity contribution in [2.75, 3.05) is 23.4 Å². The second-order valence-corrected chi connectivity index (χ2v) is 7.86. The van der Waals surface area contributed by atoms with E-state index in [0.717, 1.165) is 6.26 Å². The Labute approximate surface area is 166 Å². The number of aromatic nitrogens is 3. The summed E-state index contributed by atoms with van der Waals surface area (Å²) in [5, 5.41) is 6.79. The van der Waals surface area contributed by atoms with E-state index in [1.54, 1.807) is 6.92 Å². The van der Waals surface area contributed by atoms with Crippen LogP contribution in [0.4, 0.5) is 15.8 Å². The number of carbonyl (C=O) groups excluding carboxylic acids is 1. The van der Waals surface area contributed by atoms with Crippen molar-refractivity contribution in [3.05, 3.63) is 59.9 Å². The number of hydrogen-bond donors (Lipinski definition) is 2. The van der Waals surface area contributed by atoms with Crippen molar-refractivity contribution in [2.24, 2.45) is 0 Å². The number of nitrogens with one attached hydrogen (secondary N) is 2. The van der Waals surface area contributed by atoms with E-state index >= 15 is 0 Å². The van der Waals surface area contributed by atoms with Gasteiger partial charge in [0.15, 0.2) is 0 Å². The van der Waals surface area contributed by atoms with Crippen LogP contribution < -0.4 is 14.8 Å². The standard InChI is InChI=1S/C18H18FN5O4S/c1-11-20-17(22-24(11)14-7-4-12(19)5-8-14)18(25)21-13-6-9-15(16(10-13)28-2)23-29(3,26)27/h4-10,23H,1-3H3,(H,21,25). The van der Waals surface area contributed by atoms with Gasteiger partial charge in [0.05, 0.1) is 24.7 Å². The van der Waals surface area contributed by atoms with E-state index in [-0.39, 0.29) is 23.1 Å². The molecule has 11 heteroatoms. The molecule has 1 heterocycles. The molecule has 1 amide bonds. The van der Waals surface area contributed by atoms with Gasteiger partial charge in [-0.1, -0.05) is 0 Å². The van der Waals surface area contributed by atoms with Gasteiger partial charge in [-0.05, 0) is 43.3 Å². The number of aryl methyl sites for hydroxylation is 1. The summed E-state index contributed by atoms with van der Waals surface area (Å²) in [6.07, 6.45) is 1.02. The lowest BCUT2D eigenvalue weighted by atomic mass is 10.2. The molecule has 0 atom stereocenters. The fourth-order valence-electron chi connectivity index (χ4n) is 2.55. The fourth-order valence-corrected chi connectivity index (χ4v) is 3.12. The van der Waals surface area contributed by atoms with Gasteiger partial charge >= 0.3 is 0 Å². The molecule has 0 aliphatic heterocycles. The monoisotopic (exact) mass is 419 g/mol. The number of hydrogen-bond acceptors (Lipinski definition) is 6.